The van der Waals surface area contributed by atoms with Crippen LogP contribution >= 0.6 is 23.4 Å². The first-order valence-electron chi connectivity index (χ1n) is 7.97. The number of nitrogens with zero attached hydrogens (tertiary/aromatic N) is 2. The van der Waals surface area contributed by atoms with Crippen molar-refractivity contribution in [2.45, 2.75) is 17.8 Å². The third-order valence-electron chi connectivity index (χ3n) is 3.69. The molecule has 0 amide bonds. The number of hydrogen-bond donors (Lipinski definition) is 0. The zero-order valence-corrected chi connectivity index (χ0v) is 15.5. The molecule has 1 aliphatic rings. The highest BCUT2D eigenvalue weighted by Crippen LogP contribution is 2.36. The molecule has 2 aromatic carbocycles. The molecule has 0 saturated carbocycles. The maximum atomic E-state index is 6.21. The molecule has 0 N–H and O–H groups in total. The zero-order valence-electron chi connectivity index (χ0n) is 13.9. The van der Waals surface area contributed by atoms with Crippen LogP contribution in [0.25, 0.3) is 0 Å². The highest BCUT2D eigenvalue weighted by atomic mass is 35.5. The first kappa shape index (κ1) is 17.0. The molecule has 3 aromatic rings. The lowest BCUT2D eigenvalue weighted by atomic mass is 10.2. The van der Waals surface area contributed by atoms with Gasteiger partial charge in [-0.1, -0.05) is 41.6 Å². The number of aromatic nitrogens is 2. The van der Waals surface area contributed by atoms with E-state index in [0.717, 1.165) is 16.3 Å². The molecule has 26 heavy (non-hydrogen) atoms. The Labute approximate surface area is 160 Å². The minimum absolute atomic E-state index is 0.230. The molecule has 4 rings (SSSR count). The van der Waals surface area contributed by atoms with Crippen molar-refractivity contribution >= 4 is 23.4 Å². The molecule has 0 radical (unpaired) electrons. The summed E-state index contributed by atoms with van der Waals surface area (Å²) in [6.07, 6.45) is 0. The second kappa shape index (κ2) is 7.43. The molecule has 5 nitrogen and oxygen atoms in total. The highest BCUT2D eigenvalue weighted by Gasteiger charge is 2.15. The molecule has 0 saturated heterocycles. The molecule has 1 aromatic heterocycles. The van der Waals surface area contributed by atoms with Crippen molar-refractivity contribution < 1.29 is 14.2 Å². The van der Waals surface area contributed by atoms with Gasteiger partial charge in [-0.15, -0.1) is 0 Å². The first-order chi connectivity index (χ1) is 12.7. The summed E-state index contributed by atoms with van der Waals surface area (Å²) in [5, 5.41) is 1.38. The Morgan fingerprint density at radius 3 is 2.81 bits per heavy atom. The van der Waals surface area contributed by atoms with Crippen molar-refractivity contribution in [1.29, 1.82) is 0 Å². The van der Waals surface area contributed by atoms with Crippen molar-refractivity contribution in [3.8, 4) is 23.1 Å². The number of aryl methyl sites for hydroxylation is 1. The van der Waals surface area contributed by atoms with Gasteiger partial charge in [-0.05, 0) is 30.7 Å². The van der Waals surface area contributed by atoms with Crippen LogP contribution in [0.1, 0.15) is 11.3 Å². The van der Waals surface area contributed by atoms with E-state index in [1.807, 2.05) is 43.3 Å². The second-order valence-electron chi connectivity index (χ2n) is 5.63. The number of ether oxygens (including phenoxy) is 3. The van der Waals surface area contributed by atoms with Gasteiger partial charge in [-0.3, -0.25) is 0 Å². The molecule has 0 bridgehead atoms. The van der Waals surface area contributed by atoms with Crippen LogP contribution < -0.4 is 14.2 Å². The van der Waals surface area contributed by atoms with Crippen molar-refractivity contribution in [1.82, 2.24) is 9.97 Å². The molecular formula is C19H15ClN2O3S. The third-order valence-corrected chi connectivity index (χ3v) is 4.96. The second-order valence-corrected chi connectivity index (χ2v) is 6.98. The molecule has 0 aliphatic carbocycles. The van der Waals surface area contributed by atoms with Crippen LogP contribution in [0.15, 0.2) is 53.7 Å². The van der Waals surface area contributed by atoms with Crippen LogP contribution in [-0.2, 0) is 5.75 Å². The van der Waals surface area contributed by atoms with Gasteiger partial charge < -0.3 is 14.2 Å². The summed E-state index contributed by atoms with van der Waals surface area (Å²) in [6.45, 7) is 2.14. The van der Waals surface area contributed by atoms with Crippen LogP contribution in [0.3, 0.4) is 0 Å². The van der Waals surface area contributed by atoms with Gasteiger partial charge in [0.05, 0.1) is 0 Å². The summed E-state index contributed by atoms with van der Waals surface area (Å²) in [5.74, 6) is 3.19. The number of fused-ring (bicyclic) bond motifs is 1. The van der Waals surface area contributed by atoms with E-state index in [4.69, 9.17) is 25.8 Å². The Hall–Kier alpha value is -2.44. The predicted octanol–water partition coefficient (Wildman–Crippen LogP) is 5.25. The number of benzene rings is 2. The smallest absolute Gasteiger partial charge is 0.231 e. The predicted molar refractivity (Wildman–Crippen MR) is 100 cm³/mol. The van der Waals surface area contributed by atoms with Crippen molar-refractivity contribution in [3.63, 3.8) is 0 Å². The van der Waals surface area contributed by atoms with Crippen molar-refractivity contribution in [2.75, 3.05) is 6.79 Å². The molecule has 0 spiro atoms. The maximum absolute atomic E-state index is 6.21. The van der Waals surface area contributed by atoms with Crippen LogP contribution in [0, 0.1) is 6.92 Å². The number of rotatable bonds is 5. The van der Waals surface area contributed by atoms with E-state index in [-0.39, 0.29) is 6.79 Å². The van der Waals surface area contributed by atoms with Crippen LogP contribution in [-0.4, -0.2) is 16.8 Å². The van der Waals surface area contributed by atoms with Crippen LogP contribution in [0.5, 0.6) is 23.1 Å². The van der Waals surface area contributed by atoms with Gasteiger partial charge in [0.25, 0.3) is 0 Å². The van der Waals surface area contributed by atoms with Crippen molar-refractivity contribution in [3.05, 3.63) is 64.8 Å². The van der Waals surface area contributed by atoms with Crippen LogP contribution in [0.4, 0.5) is 0 Å². The Morgan fingerprint density at radius 1 is 1.08 bits per heavy atom. The Balaban J connectivity index is 1.50. The molecule has 132 valence electrons. The van der Waals surface area contributed by atoms with Gasteiger partial charge in [0.15, 0.2) is 16.7 Å². The van der Waals surface area contributed by atoms with Gasteiger partial charge in [-0.25, -0.2) is 4.98 Å². The lowest BCUT2D eigenvalue weighted by Crippen LogP contribution is -1.95. The lowest BCUT2D eigenvalue weighted by molar-refractivity contribution is 0.174. The van der Waals surface area contributed by atoms with E-state index in [0.29, 0.717) is 34.0 Å². The van der Waals surface area contributed by atoms with Gasteiger partial charge in [0, 0.05) is 28.6 Å². The fraction of sp³-hybridized carbons (Fsp3) is 0.158. The average Bonchev–Trinajstić information content (AvgIpc) is 3.08. The Kier molecular flexibility index (Phi) is 4.86. The van der Waals surface area contributed by atoms with Crippen molar-refractivity contribution in [2.24, 2.45) is 0 Å². The molecule has 2 heterocycles. The topological polar surface area (TPSA) is 53.5 Å². The summed E-state index contributed by atoms with van der Waals surface area (Å²) in [5.41, 5.74) is 1.87. The van der Waals surface area contributed by atoms with E-state index in [1.165, 1.54) is 11.8 Å². The monoisotopic (exact) mass is 386 g/mol. The lowest BCUT2D eigenvalue weighted by Gasteiger charge is -2.08. The van der Waals surface area contributed by atoms with E-state index in [9.17, 15) is 0 Å². The quantitative estimate of drug-likeness (QED) is 0.441. The Morgan fingerprint density at radius 2 is 1.92 bits per heavy atom. The standard InChI is InChI=1S/C19H15ClN2O3S/c1-12-8-18(25-14-6-7-16-17(9-14)24-11-23-16)22-19(21-12)26-10-13-4-2-3-5-15(13)20/h2-9H,10-11H2,1H3. The zero-order chi connectivity index (χ0) is 17.9. The minimum Gasteiger partial charge on any atom is -0.454 e. The number of thioether (sulfide) groups is 1. The number of hydrogen-bond acceptors (Lipinski definition) is 6. The van der Waals surface area contributed by atoms with Gasteiger partial charge >= 0.3 is 0 Å². The molecule has 0 atom stereocenters. The minimum atomic E-state index is 0.230. The molecule has 7 heteroatoms. The average molecular weight is 387 g/mol. The molecular weight excluding hydrogens is 372 g/mol. The van der Waals surface area contributed by atoms with Gasteiger partial charge in [0.2, 0.25) is 12.7 Å². The van der Waals surface area contributed by atoms with Crippen LogP contribution in [0.2, 0.25) is 5.02 Å². The first-order valence-corrected chi connectivity index (χ1v) is 9.33. The summed E-state index contributed by atoms with van der Waals surface area (Å²) < 4.78 is 16.6. The van der Waals surface area contributed by atoms with E-state index in [1.54, 1.807) is 12.1 Å². The Bertz CT molecular complexity index is 952. The molecule has 0 unspecified atom stereocenters. The van der Waals surface area contributed by atoms with E-state index in [2.05, 4.69) is 9.97 Å². The summed E-state index contributed by atoms with van der Waals surface area (Å²) in [6, 6.07) is 15.0. The number of halogens is 1. The summed E-state index contributed by atoms with van der Waals surface area (Å²) in [4.78, 5) is 8.94. The molecule has 1 aliphatic heterocycles. The third kappa shape index (κ3) is 3.86. The van der Waals surface area contributed by atoms with Gasteiger partial charge in [-0.2, -0.15) is 4.98 Å². The normalized spacial score (nSPS) is 12.2. The highest BCUT2D eigenvalue weighted by molar-refractivity contribution is 7.98. The van der Waals surface area contributed by atoms with E-state index < -0.39 is 0 Å². The maximum Gasteiger partial charge on any atom is 0.231 e. The summed E-state index contributed by atoms with van der Waals surface area (Å²) >= 11 is 7.72. The fourth-order valence-electron chi connectivity index (χ4n) is 2.45. The fourth-order valence-corrected chi connectivity index (χ4v) is 3.63. The molecule has 0 fully saturated rings. The summed E-state index contributed by atoms with van der Waals surface area (Å²) in [7, 11) is 0. The van der Waals surface area contributed by atoms with Gasteiger partial charge in [0.1, 0.15) is 5.75 Å². The van der Waals surface area contributed by atoms with E-state index >= 15 is 0 Å². The largest absolute Gasteiger partial charge is 0.454 e. The SMILES string of the molecule is Cc1cc(Oc2ccc3c(c2)OCO3)nc(SCc2ccccc2Cl)n1.